The van der Waals surface area contributed by atoms with Crippen LogP contribution in [0.25, 0.3) is 0 Å². The highest BCUT2D eigenvalue weighted by Crippen LogP contribution is 2.53. The summed E-state index contributed by atoms with van der Waals surface area (Å²) in [6, 6.07) is 1.91. The minimum absolute atomic E-state index is 0.452. The van der Waals surface area contributed by atoms with Gasteiger partial charge in [-0.1, -0.05) is 13.3 Å². The Morgan fingerprint density at radius 1 is 1.77 bits per heavy atom. The summed E-state index contributed by atoms with van der Waals surface area (Å²) in [6.07, 6.45) is 4.90. The van der Waals surface area contributed by atoms with Crippen LogP contribution in [0.3, 0.4) is 0 Å². The standard InChI is InChI=1S/C10H16N2O/c1-3-4-8-7-10(8,13)9-5-6-11-12(9)2/h5-6,8,13H,3-4,7H2,1-2H3. The predicted molar refractivity (Wildman–Crippen MR) is 50.1 cm³/mol. The Labute approximate surface area is 78.4 Å². The fraction of sp³-hybridized carbons (Fsp3) is 0.700. The summed E-state index contributed by atoms with van der Waals surface area (Å²) in [5.41, 5.74) is 0.396. The van der Waals surface area contributed by atoms with Crippen LogP contribution in [0.5, 0.6) is 0 Å². The first-order valence-corrected chi connectivity index (χ1v) is 4.89. The third-order valence-corrected chi connectivity index (χ3v) is 2.97. The van der Waals surface area contributed by atoms with Crippen LogP contribution < -0.4 is 0 Å². The Balaban J connectivity index is 2.15. The lowest BCUT2D eigenvalue weighted by Crippen LogP contribution is -2.14. The van der Waals surface area contributed by atoms with E-state index in [0.29, 0.717) is 5.92 Å². The normalized spacial score (nSPS) is 32.1. The highest BCUT2D eigenvalue weighted by atomic mass is 16.3. The van der Waals surface area contributed by atoms with Crippen molar-refractivity contribution in [3.05, 3.63) is 18.0 Å². The molecule has 3 nitrogen and oxygen atoms in total. The maximum atomic E-state index is 10.2. The molecule has 1 heterocycles. The largest absolute Gasteiger partial charge is 0.383 e. The van der Waals surface area contributed by atoms with Gasteiger partial charge in [-0.2, -0.15) is 5.10 Å². The third-order valence-electron chi connectivity index (χ3n) is 2.97. The molecule has 1 aromatic heterocycles. The molecule has 1 fully saturated rings. The lowest BCUT2D eigenvalue weighted by atomic mass is 10.1. The van der Waals surface area contributed by atoms with E-state index >= 15 is 0 Å². The molecule has 2 rings (SSSR count). The van der Waals surface area contributed by atoms with Crippen LogP contribution in [-0.4, -0.2) is 14.9 Å². The lowest BCUT2D eigenvalue weighted by molar-refractivity contribution is 0.119. The number of hydrogen-bond donors (Lipinski definition) is 1. The molecule has 0 bridgehead atoms. The summed E-state index contributed by atoms with van der Waals surface area (Å²) in [4.78, 5) is 0. The lowest BCUT2D eigenvalue weighted by Gasteiger charge is -2.10. The molecule has 0 aliphatic heterocycles. The Morgan fingerprint density at radius 2 is 2.54 bits per heavy atom. The molecule has 72 valence electrons. The number of hydrogen-bond acceptors (Lipinski definition) is 2. The van der Waals surface area contributed by atoms with Crippen molar-refractivity contribution < 1.29 is 5.11 Å². The van der Waals surface area contributed by atoms with Gasteiger partial charge in [0.05, 0.1) is 5.69 Å². The SMILES string of the molecule is CCCC1CC1(O)c1ccnn1C. The van der Waals surface area contributed by atoms with E-state index in [0.717, 1.165) is 25.0 Å². The summed E-state index contributed by atoms with van der Waals surface area (Å²) in [5.74, 6) is 0.452. The second-order valence-corrected chi connectivity index (χ2v) is 3.95. The molecule has 0 amide bonds. The summed E-state index contributed by atoms with van der Waals surface area (Å²) in [5, 5.41) is 14.3. The van der Waals surface area contributed by atoms with Gasteiger partial charge in [0.15, 0.2) is 0 Å². The van der Waals surface area contributed by atoms with E-state index in [9.17, 15) is 5.11 Å². The van der Waals surface area contributed by atoms with Gasteiger partial charge in [0, 0.05) is 13.2 Å². The summed E-state index contributed by atoms with van der Waals surface area (Å²) < 4.78 is 1.77. The summed E-state index contributed by atoms with van der Waals surface area (Å²) >= 11 is 0. The second-order valence-electron chi connectivity index (χ2n) is 3.95. The quantitative estimate of drug-likeness (QED) is 0.764. The second kappa shape index (κ2) is 2.84. The van der Waals surface area contributed by atoms with E-state index in [2.05, 4.69) is 12.0 Å². The molecule has 3 heteroatoms. The average molecular weight is 180 g/mol. The molecule has 0 saturated heterocycles. The van der Waals surface area contributed by atoms with Crippen molar-refractivity contribution in [3.63, 3.8) is 0 Å². The van der Waals surface area contributed by atoms with Gasteiger partial charge in [-0.25, -0.2) is 0 Å². The summed E-state index contributed by atoms with van der Waals surface area (Å²) in [6.45, 7) is 2.15. The molecule has 2 atom stereocenters. The van der Waals surface area contributed by atoms with Crippen molar-refractivity contribution in [2.24, 2.45) is 13.0 Å². The first-order chi connectivity index (χ1) is 6.18. The first-order valence-electron chi connectivity index (χ1n) is 4.89. The van der Waals surface area contributed by atoms with Crippen LogP contribution in [0.4, 0.5) is 0 Å². The minimum atomic E-state index is -0.568. The number of aryl methyl sites for hydroxylation is 1. The van der Waals surface area contributed by atoms with Crippen LogP contribution >= 0.6 is 0 Å². The van der Waals surface area contributed by atoms with Crippen LogP contribution in [0.1, 0.15) is 31.9 Å². The monoisotopic (exact) mass is 180 g/mol. The smallest absolute Gasteiger partial charge is 0.109 e. The number of aliphatic hydroxyl groups is 1. The van der Waals surface area contributed by atoms with Gasteiger partial charge < -0.3 is 5.11 Å². The molecule has 1 saturated carbocycles. The Kier molecular flexibility index (Phi) is 1.91. The Bertz CT molecular complexity index is 308. The molecule has 1 N–H and O–H groups in total. The van der Waals surface area contributed by atoms with Gasteiger partial charge in [0.25, 0.3) is 0 Å². The molecule has 1 aliphatic carbocycles. The molecule has 1 aliphatic rings. The topological polar surface area (TPSA) is 38.1 Å². The number of aromatic nitrogens is 2. The molecular formula is C10H16N2O. The molecule has 0 radical (unpaired) electrons. The van der Waals surface area contributed by atoms with Gasteiger partial charge in [0.1, 0.15) is 5.60 Å². The molecule has 0 aromatic carbocycles. The van der Waals surface area contributed by atoms with Crippen LogP contribution in [-0.2, 0) is 12.6 Å². The van der Waals surface area contributed by atoms with Crippen molar-refractivity contribution >= 4 is 0 Å². The number of nitrogens with zero attached hydrogens (tertiary/aromatic N) is 2. The van der Waals surface area contributed by atoms with Gasteiger partial charge in [0.2, 0.25) is 0 Å². The van der Waals surface area contributed by atoms with Gasteiger partial charge >= 0.3 is 0 Å². The van der Waals surface area contributed by atoms with Gasteiger partial charge in [-0.05, 0) is 24.8 Å². The van der Waals surface area contributed by atoms with E-state index in [1.807, 2.05) is 13.1 Å². The summed E-state index contributed by atoms with van der Waals surface area (Å²) in [7, 11) is 1.88. The van der Waals surface area contributed by atoms with Crippen molar-refractivity contribution in [3.8, 4) is 0 Å². The van der Waals surface area contributed by atoms with Crippen LogP contribution in [0.2, 0.25) is 0 Å². The Hall–Kier alpha value is -0.830. The van der Waals surface area contributed by atoms with E-state index < -0.39 is 5.60 Å². The highest BCUT2D eigenvalue weighted by molar-refractivity contribution is 5.22. The van der Waals surface area contributed by atoms with E-state index in [-0.39, 0.29) is 0 Å². The van der Waals surface area contributed by atoms with E-state index in [1.165, 1.54) is 0 Å². The van der Waals surface area contributed by atoms with Crippen molar-refractivity contribution in [2.45, 2.75) is 31.8 Å². The highest BCUT2D eigenvalue weighted by Gasteiger charge is 2.54. The van der Waals surface area contributed by atoms with Crippen molar-refractivity contribution in [2.75, 3.05) is 0 Å². The molecular weight excluding hydrogens is 164 g/mol. The molecule has 13 heavy (non-hydrogen) atoms. The van der Waals surface area contributed by atoms with Gasteiger partial charge in [-0.3, -0.25) is 4.68 Å². The molecule has 2 unspecified atom stereocenters. The first kappa shape index (κ1) is 8.75. The Morgan fingerprint density at radius 3 is 3.08 bits per heavy atom. The zero-order valence-electron chi connectivity index (χ0n) is 8.20. The fourth-order valence-electron chi connectivity index (χ4n) is 2.12. The van der Waals surface area contributed by atoms with Crippen molar-refractivity contribution in [1.29, 1.82) is 0 Å². The molecule has 0 spiro atoms. The maximum Gasteiger partial charge on any atom is 0.109 e. The van der Waals surface area contributed by atoms with Gasteiger partial charge in [-0.15, -0.1) is 0 Å². The van der Waals surface area contributed by atoms with Crippen LogP contribution in [0, 0.1) is 5.92 Å². The average Bonchev–Trinajstić information content (AvgIpc) is 2.56. The minimum Gasteiger partial charge on any atom is -0.383 e. The molecule has 1 aromatic rings. The van der Waals surface area contributed by atoms with E-state index in [1.54, 1.807) is 10.9 Å². The maximum absolute atomic E-state index is 10.2. The fourth-order valence-corrected chi connectivity index (χ4v) is 2.12. The predicted octanol–water partition coefficient (Wildman–Crippen LogP) is 1.43. The zero-order valence-corrected chi connectivity index (χ0v) is 8.20. The van der Waals surface area contributed by atoms with Crippen molar-refractivity contribution in [1.82, 2.24) is 9.78 Å². The van der Waals surface area contributed by atoms with E-state index in [4.69, 9.17) is 0 Å². The zero-order chi connectivity index (χ0) is 9.47. The van der Waals surface area contributed by atoms with Crippen LogP contribution in [0.15, 0.2) is 12.3 Å². The number of rotatable bonds is 3. The third kappa shape index (κ3) is 1.27.